The van der Waals surface area contributed by atoms with E-state index in [4.69, 9.17) is 0 Å². The Labute approximate surface area is 245 Å². The molecule has 40 heavy (non-hydrogen) atoms. The van der Waals surface area contributed by atoms with Crippen LogP contribution in [0.3, 0.4) is 0 Å². The zero-order valence-corrected chi connectivity index (χ0v) is 26.7. The second kappa shape index (κ2) is 12.9. The lowest BCUT2D eigenvalue weighted by Crippen LogP contribution is -2.58. The normalized spacial score (nSPS) is 38.5. The van der Waals surface area contributed by atoms with Crippen LogP contribution in [0.25, 0.3) is 0 Å². The highest BCUT2D eigenvalue weighted by molar-refractivity contribution is 5.87. The first-order valence-corrected chi connectivity index (χ1v) is 16.9. The first-order valence-electron chi connectivity index (χ1n) is 16.9. The lowest BCUT2D eigenvalue weighted by molar-refractivity contribution is -0.130. The summed E-state index contributed by atoms with van der Waals surface area (Å²) < 4.78 is 0. The highest BCUT2D eigenvalue weighted by Crippen LogP contribution is 2.67. The average Bonchev–Trinajstić information content (AvgIpc) is 3.24. The van der Waals surface area contributed by atoms with Crippen LogP contribution in [0.15, 0.2) is 11.6 Å². The maximum Gasteiger partial charge on any atom is 0.242 e. The third-order valence-electron chi connectivity index (χ3n) is 12.2. The van der Waals surface area contributed by atoms with E-state index in [0.717, 1.165) is 49.4 Å². The van der Waals surface area contributed by atoms with Crippen molar-refractivity contribution >= 4 is 11.8 Å². The van der Waals surface area contributed by atoms with Gasteiger partial charge < -0.3 is 15.7 Å². The average molecular weight is 557 g/mol. The van der Waals surface area contributed by atoms with Crippen LogP contribution in [0.4, 0.5) is 0 Å². The zero-order valence-electron chi connectivity index (χ0n) is 26.7. The van der Waals surface area contributed by atoms with Gasteiger partial charge in [0.15, 0.2) is 0 Å². The molecule has 0 aliphatic heterocycles. The standard InChI is InChI=1S/C35H60N2O3/c1-8-9-13-30(36-24(5)38)33(40)37-31-21-35(7)25(20-32(31)39)14-15-26-28-17-16-27(23(4)12-10-11-22(2)3)34(28,6)19-18-29(26)35/h14,22-23,26-32,39H,8-13,15-21H2,1-7H3,(H,36,38)(H,37,40)/t23-,26?,27-,28?,29?,30?,31?,32?,34-,35+/m1/s1. The molecule has 0 radical (unpaired) electrons. The fraction of sp³-hybridized carbons (Fsp3) is 0.886. The molecule has 0 aromatic carbocycles. The fourth-order valence-corrected chi connectivity index (χ4v) is 10.1. The SMILES string of the molecule is CCCCC(NC(C)=O)C(=O)NC1C[C@@]2(C)C(=CCC3C2CC[C@@]2(C)C3CC[C@@H]2[C@H](C)CCCC(C)C)CC1O. The number of allylic oxidation sites excluding steroid dienone is 1. The van der Waals surface area contributed by atoms with Gasteiger partial charge in [-0.2, -0.15) is 0 Å². The van der Waals surface area contributed by atoms with Crippen LogP contribution in [-0.4, -0.2) is 35.1 Å². The Balaban J connectivity index is 1.47. The quantitative estimate of drug-likeness (QED) is 0.236. The second-order valence-electron chi connectivity index (χ2n) is 15.3. The molecule has 4 rings (SSSR count). The number of rotatable bonds is 11. The van der Waals surface area contributed by atoms with Crippen molar-refractivity contribution < 1.29 is 14.7 Å². The Morgan fingerprint density at radius 2 is 1.80 bits per heavy atom. The van der Waals surface area contributed by atoms with Crippen molar-refractivity contribution in [2.75, 3.05) is 0 Å². The summed E-state index contributed by atoms with van der Waals surface area (Å²) in [5.41, 5.74) is 1.90. The Hall–Kier alpha value is -1.36. The van der Waals surface area contributed by atoms with Gasteiger partial charge >= 0.3 is 0 Å². The predicted octanol–water partition coefficient (Wildman–Crippen LogP) is 7.18. The van der Waals surface area contributed by atoms with E-state index in [9.17, 15) is 14.7 Å². The first-order chi connectivity index (χ1) is 18.9. The Bertz CT molecular complexity index is 930. The Kier molecular flexibility index (Phi) is 10.2. The minimum atomic E-state index is -0.569. The molecule has 0 saturated heterocycles. The van der Waals surface area contributed by atoms with Crippen LogP contribution >= 0.6 is 0 Å². The van der Waals surface area contributed by atoms with Gasteiger partial charge in [-0.05, 0) is 97.7 Å². The third-order valence-corrected chi connectivity index (χ3v) is 12.2. The molecular weight excluding hydrogens is 496 g/mol. The molecular formula is C35H60N2O3. The van der Waals surface area contributed by atoms with Gasteiger partial charge in [-0.1, -0.05) is 85.3 Å². The van der Waals surface area contributed by atoms with Crippen LogP contribution in [-0.2, 0) is 9.59 Å². The lowest BCUT2D eigenvalue weighted by Gasteiger charge is -2.59. The molecule has 4 aliphatic rings. The number of carbonyl (C=O) groups is 2. The lowest BCUT2D eigenvalue weighted by atomic mass is 9.46. The summed E-state index contributed by atoms with van der Waals surface area (Å²) in [6, 6.07) is -0.793. The summed E-state index contributed by atoms with van der Waals surface area (Å²) in [5.74, 6) is 4.26. The van der Waals surface area contributed by atoms with Gasteiger partial charge in [0.25, 0.3) is 0 Å². The molecule has 4 aliphatic carbocycles. The van der Waals surface area contributed by atoms with Crippen molar-refractivity contribution in [1.29, 1.82) is 0 Å². The molecule has 6 unspecified atom stereocenters. The highest BCUT2D eigenvalue weighted by Gasteiger charge is 2.60. The number of carbonyl (C=O) groups excluding carboxylic acids is 2. The monoisotopic (exact) mass is 556 g/mol. The molecule has 0 aromatic rings. The molecule has 3 saturated carbocycles. The number of fused-ring (bicyclic) bond motifs is 5. The van der Waals surface area contributed by atoms with Gasteiger partial charge in [0.2, 0.25) is 11.8 Å². The van der Waals surface area contributed by atoms with E-state index < -0.39 is 12.1 Å². The highest BCUT2D eigenvalue weighted by atomic mass is 16.3. The first kappa shape index (κ1) is 31.6. The van der Waals surface area contributed by atoms with Crippen LogP contribution < -0.4 is 10.6 Å². The second-order valence-corrected chi connectivity index (χ2v) is 15.3. The molecule has 0 spiro atoms. The maximum atomic E-state index is 13.3. The van der Waals surface area contributed by atoms with Crippen LogP contribution in [0.2, 0.25) is 0 Å². The van der Waals surface area contributed by atoms with E-state index in [1.54, 1.807) is 0 Å². The molecule has 228 valence electrons. The van der Waals surface area contributed by atoms with Gasteiger partial charge in [0.1, 0.15) is 6.04 Å². The van der Waals surface area contributed by atoms with Gasteiger partial charge in [0, 0.05) is 6.92 Å². The number of aliphatic hydroxyl groups excluding tert-OH is 1. The maximum absolute atomic E-state index is 13.3. The van der Waals surface area contributed by atoms with E-state index in [1.165, 1.54) is 57.4 Å². The summed E-state index contributed by atoms with van der Waals surface area (Å²) in [6.45, 7) is 15.9. The minimum absolute atomic E-state index is 0.0231. The fourth-order valence-electron chi connectivity index (χ4n) is 10.1. The molecule has 0 heterocycles. The Morgan fingerprint density at radius 1 is 1.05 bits per heavy atom. The molecule has 10 atom stereocenters. The van der Waals surface area contributed by atoms with Crippen molar-refractivity contribution in [3.8, 4) is 0 Å². The van der Waals surface area contributed by atoms with Crippen molar-refractivity contribution in [2.24, 2.45) is 46.3 Å². The number of amides is 2. The van der Waals surface area contributed by atoms with Gasteiger partial charge in [0.05, 0.1) is 12.1 Å². The third kappa shape index (κ3) is 6.35. The van der Waals surface area contributed by atoms with Crippen molar-refractivity contribution in [1.82, 2.24) is 10.6 Å². The van der Waals surface area contributed by atoms with Crippen molar-refractivity contribution in [3.63, 3.8) is 0 Å². The summed E-state index contributed by atoms with van der Waals surface area (Å²) in [6.07, 6.45) is 16.5. The van der Waals surface area contributed by atoms with Crippen molar-refractivity contribution in [3.05, 3.63) is 11.6 Å². The van der Waals surface area contributed by atoms with E-state index in [1.807, 2.05) is 0 Å². The van der Waals surface area contributed by atoms with E-state index in [2.05, 4.69) is 58.3 Å². The van der Waals surface area contributed by atoms with E-state index in [0.29, 0.717) is 30.1 Å². The summed E-state index contributed by atoms with van der Waals surface area (Å²) >= 11 is 0. The van der Waals surface area contributed by atoms with Crippen LogP contribution in [0.5, 0.6) is 0 Å². The summed E-state index contributed by atoms with van der Waals surface area (Å²) in [5, 5.41) is 17.2. The predicted molar refractivity (Wildman–Crippen MR) is 163 cm³/mol. The molecule has 3 N–H and O–H groups in total. The van der Waals surface area contributed by atoms with Crippen molar-refractivity contribution in [2.45, 2.75) is 150 Å². The van der Waals surface area contributed by atoms with Crippen LogP contribution in [0, 0.1) is 46.3 Å². The molecule has 2 amide bonds. The van der Waals surface area contributed by atoms with E-state index in [-0.39, 0.29) is 23.3 Å². The largest absolute Gasteiger partial charge is 0.391 e. The molecule has 0 bridgehead atoms. The molecule has 0 aromatic heterocycles. The van der Waals surface area contributed by atoms with Gasteiger partial charge in [-0.15, -0.1) is 0 Å². The zero-order chi connectivity index (χ0) is 29.2. The summed E-state index contributed by atoms with van der Waals surface area (Å²) in [4.78, 5) is 25.1. The van der Waals surface area contributed by atoms with Gasteiger partial charge in [-0.25, -0.2) is 0 Å². The number of nitrogens with one attached hydrogen (secondary N) is 2. The Morgan fingerprint density at radius 3 is 2.48 bits per heavy atom. The number of hydrogen-bond acceptors (Lipinski definition) is 3. The number of unbranched alkanes of at least 4 members (excludes halogenated alkanes) is 1. The topological polar surface area (TPSA) is 78.4 Å². The number of hydrogen-bond donors (Lipinski definition) is 3. The smallest absolute Gasteiger partial charge is 0.242 e. The summed E-state index contributed by atoms with van der Waals surface area (Å²) in [7, 11) is 0. The van der Waals surface area contributed by atoms with E-state index >= 15 is 0 Å². The molecule has 5 nitrogen and oxygen atoms in total. The molecule has 3 fully saturated rings. The van der Waals surface area contributed by atoms with Crippen LogP contribution in [0.1, 0.15) is 132 Å². The minimum Gasteiger partial charge on any atom is -0.391 e. The molecule has 5 heteroatoms. The van der Waals surface area contributed by atoms with Gasteiger partial charge in [-0.3, -0.25) is 9.59 Å². The number of aliphatic hydroxyl groups is 1.